The highest BCUT2D eigenvalue weighted by atomic mass is 19.2. The molecule has 1 fully saturated rings. The van der Waals surface area contributed by atoms with Gasteiger partial charge in [0.05, 0.1) is 0 Å². The summed E-state index contributed by atoms with van der Waals surface area (Å²) in [5.41, 5.74) is 4.52. The third-order valence-electron chi connectivity index (χ3n) is 3.59. The molecular weight excluding hydrogens is 279 g/mol. The zero-order chi connectivity index (χ0) is 14.9. The van der Waals surface area contributed by atoms with Gasteiger partial charge in [-0.1, -0.05) is 0 Å². The van der Waals surface area contributed by atoms with Crippen molar-refractivity contribution in [3.63, 3.8) is 0 Å². The van der Waals surface area contributed by atoms with Crippen molar-refractivity contribution in [2.24, 2.45) is 5.73 Å². The van der Waals surface area contributed by atoms with E-state index >= 15 is 0 Å². The number of anilines is 1. The molecule has 7 heteroatoms. The number of nitrogens with zero attached hydrogens (tertiary/aromatic N) is 1. The normalized spacial score (nSPS) is 15.3. The Hall–Kier alpha value is -1.37. The topological polar surface area (TPSA) is 29.3 Å². The van der Waals surface area contributed by atoms with E-state index in [0.29, 0.717) is 19.3 Å². The number of rotatable bonds is 5. The van der Waals surface area contributed by atoms with Crippen molar-refractivity contribution in [1.29, 1.82) is 0 Å². The van der Waals surface area contributed by atoms with E-state index in [4.69, 9.17) is 5.73 Å². The Morgan fingerprint density at radius 2 is 1.40 bits per heavy atom. The van der Waals surface area contributed by atoms with Crippen molar-refractivity contribution in [2.75, 3.05) is 18.0 Å². The summed E-state index contributed by atoms with van der Waals surface area (Å²) in [6.45, 7) is 0.443. The predicted octanol–water partition coefficient (Wildman–Crippen LogP) is 3.09. The van der Waals surface area contributed by atoms with Crippen LogP contribution < -0.4 is 10.6 Å². The van der Waals surface area contributed by atoms with Gasteiger partial charge in [0.15, 0.2) is 23.3 Å². The molecule has 112 valence electrons. The molecule has 2 N–H and O–H groups in total. The van der Waals surface area contributed by atoms with E-state index in [1.165, 1.54) is 4.90 Å². The van der Waals surface area contributed by atoms with E-state index in [2.05, 4.69) is 0 Å². The van der Waals surface area contributed by atoms with Gasteiger partial charge in [0, 0.05) is 12.6 Å². The fraction of sp³-hybridized carbons (Fsp3) is 0.538. The van der Waals surface area contributed by atoms with E-state index in [9.17, 15) is 22.0 Å². The Balaban J connectivity index is 2.46. The van der Waals surface area contributed by atoms with Crippen molar-refractivity contribution in [3.05, 3.63) is 29.1 Å². The van der Waals surface area contributed by atoms with Gasteiger partial charge in [0.1, 0.15) is 5.69 Å². The Labute approximate surface area is 113 Å². The molecule has 20 heavy (non-hydrogen) atoms. The van der Waals surface area contributed by atoms with Gasteiger partial charge in [-0.2, -0.15) is 0 Å². The average molecular weight is 294 g/mol. The predicted molar refractivity (Wildman–Crippen MR) is 64.9 cm³/mol. The lowest BCUT2D eigenvalue weighted by molar-refractivity contribution is 0.352. The summed E-state index contributed by atoms with van der Waals surface area (Å²) in [7, 11) is 0. The molecule has 0 aromatic heterocycles. The number of nitrogens with two attached hydrogens (primary N) is 1. The molecule has 0 radical (unpaired) electrons. The number of benzene rings is 1. The molecule has 0 heterocycles. The lowest BCUT2D eigenvalue weighted by Gasteiger charge is -2.39. The van der Waals surface area contributed by atoms with Crippen LogP contribution in [-0.4, -0.2) is 19.1 Å². The molecule has 1 saturated carbocycles. The molecule has 1 aliphatic rings. The van der Waals surface area contributed by atoms with E-state index in [1.54, 1.807) is 0 Å². The quantitative estimate of drug-likeness (QED) is 0.514. The molecule has 0 spiro atoms. The second kappa shape index (κ2) is 5.95. The number of halogens is 5. The smallest absolute Gasteiger partial charge is 0.200 e. The first-order valence-electron chi connectivity index (χ1n) is 6.47. The Kier molecular flexibility index (Phi) is 4.47. The maximum absolute atomic E-state index is 13.8. The number of hydrogen-bond acceptors (Lipinski definition) is 2. The second-order valence-corrected chi connectivity index (χ2v) is 4.84. The third-order valence-corrected chi connectivity index (χ3v) is 3.59. The lowest BCUT2D eigenvalue weighted by atomic mass is 9.90. The molecule has 0 atom stereocenters. The summed E-state index contributed by atoms with van der Waals surface area (Å²) in [6, 6.07) is -0.199. The van der Waals surface area contributed by atoms with Crippen LogP contribution >= 0.6 is 0 Å². The van der Waals surface area contributed by atoms with Crippen molar-refractivity contribution in [3.8, 4) is 0 Å². The maximum Gasteiger partial charge on any atom is 0.200 e. The van der Waals surface area contributed by atoms with E-state index in [0.717, 1.165) is 6.42 Å². The van der Waals surface area contributed by atoms with Gasteiger partial charge in [0.2, 0.25) is 5.82 Å². The highest BCUT2D eigenvalue weighted by molar-refractivity contribution is 5.52. The van der Waals surface area contributed by atoms with E-state index < -0.39 is 34.8 Å². The SMILES string of the molecule is NCCCN(c1c(F)c(F)c(F)c(F)c1F)C1CCC1. The van der Waals surface area contributed by atoms with E-state index in [-0.39, 0.29) is 19.1 Å². The van der Waals surface area contributed by atoms with Crippen molar-refractivity contribution in [1.82, 2.24) is 0 Å². The highest BCUT2D eigenvalue weighted by Gasteiger charge is 2.33. The molecule has 0 saturated heterocycles. The summed E-state index contributed by atoms with van der Waals surface area (Å²) in [5.74, 6) is -9.49. The minimum Gasteiger partial charge on any atom is -0.364 e. The van der Waals surface area contributed by atoms with Crippen LogP contribution in [0.3, 0.4) is 0 Å². The molecule has 1 aromatic carbocycles. The molecule has 0 amide bonds. The number of hydrogen-bond donors (Lipinski definition) is 1. The highest BCUT2D eigenvalue weighted by Crippen LogP contribution is 2.36. The van der Waals surface area contributed by atoms with Crippen LogP contribution in [0.4, 0.5) is 27.6 Å². The minimum atomic E-state index is -2.13. The van der Waals surface area contributed by atoms with Gasteiger partial charge in [-0.25, -0.2) is 22.0 Å². The van der Waals surface area contributed by atoms with E-state index in [1.807, 2.05) is 0 Å². The summed E-state index contributed by atoms with van der Waals surface area (Å²) < 4.78 is 67.2. The zero-order valence-corrected chi connectivity index (χ0v) is 10.7. The summed E-state index contributed by atoms with van der Waals surface area (Å²) in [5, 5.41) is 0. The van der Waals surface area contributed by atoms with Crippen molar-refractivity contribution < 1.29 is 22.0 Å². The molecule has 2 rings (SSSR count). The molecule has 1 aromatic rings. The standard InChI is InChI=1S/C13H15F5N2/c14-8-9(15)11(17)13(12(18)10(8)16)20(6-2-5-19)7-3-1-4-7/h7H,1-6,19H2. The molecule has 2 nitrogen and oxygen atoms in total. The van der Waals surface area contributed by atoms with Gasteiger partial charge in [-0.3, -0.25) is 0 Å². The van der Waals surface area contributed by atoms with Crippen LogP contribution in [0.1, 0.15) is 25.7 Å². The summed E-state index contributed by atoms with van der Waals surface area (Å²) in [4.78, 5) is 1.26. The molecule has 0 bridgehead atoms. The van der Waals surface area contributed by atoms with Crippen LogP contribution in [0.5, 0.6) is 0 Å². The monoisotopic (exact) mass is 294 g/mol. The fourth-order valence-corrected chi connectivity index (χ4v) is 2.28. The first kappa shape index (κ1) is 15.0. The third kappa shape index (κ3) is 2.46. The zero-order valence-electron chi connectivity index (χ0n) is 10.7. The van der Waals surface area contributed by atoms with Crippen molar-refractivity contribution in [2.45, 2.75) is 31.7 Å². The summed E-state index contributed by atoms with van der Waals surface area (Å²) in [6.07, 6.45) is 2.63. The lowest BCUT2D eigenvalue weighted by Crippen LogP contribution is -2.42. The molecule has 0 aliphatic heterocycles. The van der Waals surface area contributed by atoms with Crippen LogP contribution in [-0.2, 0) is 0 Å². The summed E-state index contributed by atoms with van der Waals surface area (Å²) >= 11 is 0. The van der Waals surface area contributed by atoms with Gasteiger partial charge in [-0.15, -0.1) is 0 Å². The Bertz CT molecular complexity index is 473. The van der Waals surface area contributed by atoms with Gasteiger partial charge in [0.25, 0.3) is 0 Å². The van der Waals surface area contributed by atoms with Crippen molar-refractivity contribution >= 4 is 5.69 Å². The van der Waals surface area contributed by atoms with Crippen LogP contribution in [0, 0.1) is 29.1 Å². The average Bonchev–Trinajstić information content (AvgIpc) is 2.38. The Morgan fingerprint density at radius 3 is 1.80 bits per heavy atom. The molecule has 0 unspecified atom stereocenters. The second-order valence-electron chi connectivity index (χ2n) is 4.84. The van der Waals surface area contributed by atoms with Gasteiger partial charge in [-0.05, 0) is 32.2 Å². The largest absolute Gasteiger partial charge is 0.364 e. The van der Waals surface area contributed by atoms with Gasteiger partial charge >= 0.3 is 0 Å². The maximum atomic E-state index is 13.8. The van der Waals surface area contributed by atoms with Crippen LogP contribution in [0.15, 0.2) is 0 Å². The minimum absolute atomic E-state index is 0.166. The molecule has 1 aliphatic carbocycles. The Morgan fingerprint density at radius 1 is 0.900 bits per heavy atom. The molecular formula is C13H15F5N2. The van der Waals surface area contributed by atoms with Crippen LogP contribution in [0.2, 0.25) is 0 Å². The fourth-order valence-electron chi connectivity index (χ4n) is 2.28. The van der Waals surface area contributed by atoms with Crippen LogP contribution in [0.25, 0.3) is 0 Å². The first-order valence-corrected chi connectivity index (χ1v) is 6.47. The first-order chi connectivity index (χ1) is 9.49. The van der Waals surface area contributed by atoms with Gasteiger partial charge < -0.3 is 10.6 Å².